The second-order valence-electron chi connectivity index (χ2n) is 19.5. The van der Waals surface area contributed by atoms with E-state index in [1.807, 2.05) is 0 Å². The Kier molecular flexibility index (Phi) is 39.7. The minimum atomic E-state index is 0.0820. The van der Waals surface area contributed by atoms with Gasteiger partial charge in [0.2, 0.25) is 0 Å². The number of unbranched alkanes of at least 4 members (excludes halogenated alkanes) is 24. The van der Waals surface area contributed by atoms with Gasteiger partial charge in [-0.05, 0) is 91.4 Å². The third kappa shape index (κ3) is 30.8. The number of rotatable bonds is 44. The molecule has 0 saturated heterocycles. The molecule has 6 nitrogen and oxygen atoms in total. The van der Waals surface area contributed by atoms with E-state index in [0.29, 0.717) is 25.3 Å². The van der Waals surface area contributed by atoms with Crippen molar-refractivity contribution in [3.63, 3.8) is 0 Å². The molecule has 4 atom stereocenters. The van der Waals surface area contributed by atoms with E-state index in [1.54, 1.807) is 0 Å². The maximum Gasteiger partial charge on any atom is 0.308 e. The third-order valence-corrected chi connectivity index (χ3v) is 13.9. The summed E-state index contributed by atoms with van der Waals surface area (Å²) in [5, 5.41) is 0. The average Bonchev–Trinajstić information content (AvgIpc) is 3.26. The molecule has 0 radical (unpaired) electrons. The number of carbonyl (C=O) groups is 2. The predicted octanol–water partition coefficient (Wildman–Crippen LogP) is 15.8. The quantitative estimate of drug-likeness (QED) is 0.0450. The standard InChI is InChI=1S/C54H106N2O4/c1-7-11-15-19-23-31-41-49(39-29-17-13-9-3)53(57)59-47-37-27-21-25-35-45-55(5)51-43-33-34-44-52(51)56(6)46-36-26-22-28-38-48-60-54(58)50(40-30-18-14-10-4)42-32-24-20-16-12-8-2/h49-52H,7-48H2,1-6H3/t49?,50?,51-,52-/m1/s1. The third-order valence-electron chi connectivity index (χ3n) is 13.9. The molecule has 1 rings (SSSR count). The Morgan fingerprint density at radius 2 is 0.667 bits per heavy atom. The molecule has 1 aliphatic rings. The molecule has 0 aromatic carbocycles. The van der Waals surface area contributed by atoms with Crippen molar-refractivity contribution >= 4 is 11.9 Å². The lowest BCUT2D eigenvalue weighted by atomic mass is 9.88. The zero-order chi connectivity index (χ0) is 43.7. The van der Waals surface area contributed by atoms with Crippen LogP contribution in [0.1, 0.15) is 272 Å². The van der Waals surface area contributed by atoms with E-state index in [2.05, 4.69) is 51.6 Å². The van der Waals surface area contributed by atoms with Crippen LogP contribution in [0.5, 0.6) is 0 Å². The topological polar surface area (TPSA) is 59.1 Å². The van der Waals surface area contributed by atoms with Crippen molar-refractivity contribution in [1.29, 1.82) is 0 Å². The van der Waals surface area contributed by atoms with Crippen molar-refractivity contribution in [2.45, 2.75) is 284 Å². The lowest BCUT2D eigenvalue weighted by Gasteiger charge is -2.42. The largest absolute Gasteiger partial charge is 0.465 e. The first-order valence-electron chi connectivity index (χ1n) is 27.1. The fourth-order valence-electron chi connectivity index (χ4n) is 9.76. The monoisotopic (exact) mass is 847 g/mol. The highest BCUT2D eigenvalue weighted by molar-refractivity contribution is 5.72. The lowest BCUT2D eigenvalue weighted by Crippen LogP contribution is -2.51. The van der Waals surface area contributed by atoms with Crippen LogP contribution in [0.3, 0.4) is 0 Å². The van der Waals surface area contributed by atoms with Crippen LogP contribution >= 0.6 is 0 Å². The first-order chi connectivity index (χ1) is 29.4. The highest BCUT2D eigenvalue weighted by Gasteiger charge is 2.30. The van der Waals surface area contributed by atoms with E-state index in [-0.39, 0.29) is 23.8 Å². The molecule has 60 heavy (non-hydrogen) atoms. The van der Waals surface area contributed by atoms with Crippen LogP contribution < -0.4 is 0 Å². The van der Waals surface area contributed by atoms with Crippen LogP contribution in [0.15, 0.2) is 0 Å². The second kappa shape index (κ2) is 41.8. The summed E-state index contributed by atoms with van der Waals surface area (Å²) in [4.78, 5) is 31.4. The summed E-state index contributed by atoms with van der Waals surface area (Å²) in [5.74, 6) is 0.392. The summed E-state index contributed by atoms with van der Waals surface area (Å²) in [6, 6.07) is 1.33. The zero-order valence-electron chi connectivity index (χ0n) is 41.5. The lowest BCUT2D eigenvalue weighted by molar-refractivity contribution is -0.150. The molecule has 0 N–H and O–H groups in total. The van der Waals surface area contributed by atoms with Gasteiger partial charge in [0.05, 0.1) is 25.0 Å². The fourth-order valence-corrected chi connectivity index (χ4v) is 9.76. The van der Waals surface area contributed by atoms with E-state index in [4.69, 9.17) is 9.47 Å². The Morgan fingerprint density at radius 3 is 1.00 bits per heavy atom. The second-order valence-corrected chi connectivity index (χ2v) is 19.5. The van der Waals surface area contributed by atoms with Gasteiger partial charge in [-0.25, -0.2) is 0 Å². The van der Waals surface area contributed by atoms with Gasteiger partial charge in [0.15, 0.2) is 0 Å². The molecule has 1 saturated carbocycles. The molecule has 2 unspecified atom stereocenters. The van der Waals surface area contributed by atoms with Gasteiger partial charge in [-0.1, -0.05) is 207 Å². The number of nitrogens with zero attached hydrogens (tertiary/aromatic N) is 2. The molecule has 0 heterocycles. The number of carbonyl (C=O) groups excluding carboxylic acids is 2. The Balaban J connectivity index is 2.26. The van der Waals surface area contributed by atoms with Crippen LogP contribution in [-0.2, 0) is 19.1 Å². The summed E-state index contributed by atoms with van der Waals surface area (Å²) in [6.07, 6.45) is 46.5. The molecule has 0 aromatic rings. The summed E-state index contributed by atoms with van der Waals surface area (Å²) >= 11 is 0. The van der Waals surface area contributed by atoms with Gasteiger partial charge >= 0.3 is 11.9 Å². The van der Waals surface area contributed by atoms with Gasteiger partial charge in [-0.3, -0.25) is 9.59 Å². The van der Waals surface area contributed by atoms with E-state index >= 15 is 0 Å². The molecule has 0 aliphatic heterocycles. The van der Waals surface area contributed by atoms with Crippen molar-refractivity contribution in [2.75, 3.05) is 40.4 Å². The summed E-state index contributed by atoms with van der Waals surface area (Å²) in [7, 11) is 4.74. The van der Waals surface area contributed by atoms with E-state index < -0.39 is 0 Å². The maximum absolute atomic E-state index is 13.0. The zero-order valence-corrected chi connectivity index (χ0v) is 41.5. The molecule has 0 bridgehead atoms. The molecule has 1 aliphatic carbocycles. The van der Waals surface area contributed by atoms with Gasteiger partial charge < -0.3 is 19.3 Å². The number of esters is 2. The number of hydrogen-bond donors (Lipinski definition) is 0. The van der Waals surface area contributed by atoms with Crippen molar-refractivity contribution in [3.05, 3.63) is 0 Å². The number of hydrogen-bond acceptors (Lipinski definition) is 6. The van der Waals surface area contributed by atoms with Crippen LogP contribution in [0.2, 0.25) is 0 Å². The maximum atomic E-state index is 13.0. The van der Waals surface area contributed by atoms with E-state index in [1.165, 1.54) is 193 Å². The Labute approximate surface area is 375 Å². The molecule has 6 heteroatoms. The summed E-state index contributed by atoms with van der Waals surface area (Å²) in [5.41, 5.74) is 0. The highest BCUT2D eigenvalue weighted by Crippen LogP contribution is 2.27. The Hall–Kier alpha value is -1.14. The van der Waals surface area contributed by atoms with Gasteiger partial charge in [-0.15, -0.1) is 0 Å². The molecule has 0 aromatic heterocycles. The van der Waals surface area contributed by atoms with Crippen LogP contribution in [0.25, 0.3) is 0 Å². The molecule has 0 amide bonds. The molecule has 0 spiro atoms. The molecular formula is C54H106N2O4. The smallest absolute Gasteiger partial charge is 0.308 e. The van der Waals surface area contributed by atoms with Crippen LogP contribution in [-0.4, -0.2) is 74.2 Å². The van der Waals surface area contributed by atoms with E-state index in [0.717, 1.165) is 64.2 Å². The Morgan fingerprint density at radius 1 is 0.400 bits per heavy atom. The van der Waals surface area contributed by atoms with Crippen molar-refractivity contribution in [1.82, 2.24) is 9.80 Å². The van der Waals surface area contributed by atoms with Crippen molar-refractivity contribution < 1.29 is 19.1 Å². The van der Waals surface area contributed by atoms with Crippen LogP contribution in [0, 0.1) is 11.8 Å². The highest BCUT2D eigenvalue weighted by atomic mass is 16.5. The van der Waals surface area contributed by atoms with E-state index in [9.17, 15) is 9.59 Å². The Bertz CT molecular complexity index is 871. The summed E-state index contributed by atoms with van der Waals surface area (Å²) < 4.78 is 11.7. The van der Waals surface area contributed by atoms with Gasteiger partial charge in [0.1, 0.15) is 0 Å². The number of likely N-dealkylation sites (N-methyl/N-ethyl adjacent to an activating group) is 2. The van der Waals surface area contributed by atoms with Crippen molar-refractivity contribution in [3.8, 4) is 0 Å². The first-order valence-corrected chi connectivity index (χ1v) is 27.1. The minimum absolute atomic E-state index is 0.0820. The summed E-state index contributed by atoms with van der Waals surface area (Å²) in [6.45, 7) is 12.6. The van der Waals surface area contributed by atoms with Gasteiger partial charge in [-0.2, -0.15) is 0 Å². The first kappa shape index (κ1) is 56.9. The van der Waals surface area contributed by atoms with Gasteiger partial charge in [0, 0.05) is 12.1 Å². The van der Waals surface area contributed by atoms with Crippen LogP contribution in [0.4, 0.5) is 0 Å². The predicted molar refractivity (Wildman–Crippen MR) is 260 cm³/mol. The fraction of sp³-hybridized carbons (Fsp3) is 0.963. The SMILES string of the molecule is CCCCCCCCC(CCCCCC)C(=O)OCCCCCCCN(C)[C@@H]1CCCC[C@H]1N(C)CCCCCCCOC(=O)C(CCCCCC)CCCCCCCC. The normalized spacial score (nSPS) is 16.7. The molecular weight excluding hydrogens is 741 g/mol. The average molecular weight is 847 g/mol. The molecule has 1 fully saturated rings. The van der Waals surface area contributed by atoms with Crippen molar-refractivity contribution in [2.24, 2.45) is 11.8 Å². The number of ether oxygens (including phenoxy) is 2. The molecule has 356 valence electrons. The minimum Gasteiger partial charge on any atom is -0.465 e. The van der Waals surface area contributed by atoms with Gasteiger partial charge in [0.25, 0.3) is 0 Å².